The van der Waals surface area contributed by atoms with Crippen LogP contribution >= 0.6 is 0 Å². The van der Waals surface area contributed by atoms with Gasteiger partial charge in [-0.2, -0.15) is 0 Å². The van der Waals surface area contributed by atoms with Gasteiger partial charge in [0.1, 0.15) is 0 Å². The van der Waals surface area contributed by atoms with Crippen LogP contribution in [0.5, 0.6) is 0 Å². The summed E-state index contributed by atoms with van der Waals surface area (Å²) < 4.78 is 3.54. The summed E-state index contributed by atoms with van der Waals surface area (Å²) in [6.07, 6.45) is 2.49. The topological polar surface area (TPSA) is 17.8 Å². The molecule has 0 radical (unpaired) electrons. The molecular formula is C25H24N2Se. The summed E-state index contributed by atoms with van der Waals surface area (Å²) >= 11 is 0.374. The third-order valence-corrected chi connectivity index (χ3v) is 7.13. The number of hydrogen-bond donors (Lipinski definition) is 0. The molecule has 28 heavy (non-hydrogen) atoms. The van der Waals surface area contributed by atoms with Gasteiger partial charge in [0.05, 0.1) is 0 Å². The molecule has 0 saturated heterocycles. The van der Waals surface area contributed by atoms with Crippen molar-refractivity contribution in [2.45, 2.75) is 25.1 Å². The Morgan fingerprint density at radius 1 is 0.750 bits per heavy atom. The SMILES string of the molecule is CCCC[Se]c1c(-c2ccccc2)nn(-c2ccccc2)c1-c1ccccc1. The standard InChI is InChI=1S/C25H24N2Se/c1-2-3-19-28-25-23(20-13-7-4-8-14-20)26-27(22-17-11-6-12-18-22)24(25)21-15-9-5-10-16-21/h4-18H,2-3,19H2,1H3. The van der Waals surface area contributed by atoms with Crippen LogP contribution in [0.4, 0.5) is 0 Å². The Bertz CT molecular complexity index is 1010. The summed E-state index contributed by atoms with van der Waals surface area (Å²) in [6, 6.07) is 31.8. The summed E-state index contributed by atoms with van der Waals surface area (Å²) in [4.78, 5) is 0. The van der Waals surface area contributed by atoms with Gasteiger partial charge < -0.3 is 0 Å². The second-order valence-corrected chi connectivity index (χ2v) is 9.03. The van der Waals surface area contributed by atoms with Crippen molar-refractivity contribution >= 4 is 19.4 Å². The average Bonchev–Trinajstić information content (AvgIpc) is 3.15. The molecule has 4 aromatic rings. The van der Waals surface area contributed by atoms with Gasteiger partial charge in [0.15, 0.2) is 0 Å². The van der Waals surface area contributed by atoms with Crippen LogP contribution in [0.3, 0.4) is 0 Å². The average molecular weight is 431 g/mol. The van der Waals surface area contributed by atoms with Crippen LogP contribution in [0, 0.1) is 0 Å². The second kappa shape index (κ2) is 9.05. The van der Waals surface area contributed by atoms with E-state index in [4.69, 9.17) is 5.10 Å². The molecule has 2 nitrogen and oxygen atoms in total. The molecule has 0 spiro atoms. The van der Waals surface area contributed by atoms with Crippen molar-refractivity contribution in [1.82, 2.24) is 9.78 Å². The van der Waals surface area contributed by atoms with Crippen LogP contribution in [0.2, 0.25) is 5.32 Å². The number of aromatic nitrogens is 2. The van der Waals surface area contributed by atoms with Crippen LogP contribution in [0.25, 0.3) is 28.2 Å². The maximum absolute atomic E-state index is 5.14. The molecule has 4 rings (SSSR count). The van der Waals surface area contributed by atoms with E-state index in [-0.39, 0.29) is 0 Å². The summed E-state index contributed by atoms with van der Waals surface area (Å²) in [5, 5.41) is 6.38. The van der Waals surface area contributed by atoms with Crippen molar-refractivity contribution in [2.24, 2.45) is 0 Å². The van der Waals surface area contributed by atoms with Crippen LogP contribution < -0.4 is 4.46 Å². The summed E-state index contributed by atoms with van der Waals surface area (Å²) in [5.41, 5.74) is 5.90. The minimum absolute atomic E-state index is 0.374. The zero-order chi connectivity index (χ0) is 19.2. The molecule has 0 aliphatic heterocycles. The van der Waals surface area contributed by atoms with E-state index in [0.29, 0.717) is 15.0 Å². The van der Waals surface area contributed by atoms with Gasteiger partial charge in [0.2, 0.25) is 0 Å². The number of rotatable bonds is 7. The number of benzene rings is 3. The van der Waals surface area contributed by atoms with Crippen LogP contribution in [-0.2, 0) is 0 Å². The van der Waals surface area contributed by atoms with Crippen molar-refractivity contribution in [3.05, 3.63) is 91.0 Å². The molecule has 0 saturated carbocycles. The van der Waals surface area contributed by atoms with Gasteiger partial charge in [-0.15, -0.1) is 0 Å². The first-order valence-corrected chi connectivity index (χ1v) is 11.9. The van der Waals surface area contributed by atoms with Gasteiger partial charge >= 0.3 is 173 Å². The number of para-hydroxylation sites is 1. The van der Waals surface area contributed by atoms with E-state index >= 15 is 0 Å². The van der Waals surface area contributed by atoms with Crippen molar-refractivity contribution in [3.63, 3.8) is 0 Å². The molecule has 1 heterocycles. The monoisotopic (exact) mass is 432 g/mol. The molecule has 0 aliphatic rings. The van der Waals surface area contributed by atoms with Gasteiger partial charge in [-0.05, 0) is 0 Å². The third kappa shape index (κ3) is 3.96. The van der Waals surface area contributed by atoms with E-state index in [9.17, 15) is 0 Å². The normalized spacial score (nSPS) is 10.9. The Kier molecular flexibility index (Phi) is 6.06. The Labute approximate surface area is 173 Å². The predicted octanol–water partition coefficient (Wildman–Crippen LogP) is 5.75. The molecule has 3 aromatic carbocycles. The molecule has 3 heteroatoms. The first-order valence-electron chi connectivity index (χ1n) is 9.80. The first-order chi connectivity index (χ1) is 13.9. The van der Waals surface area contributed by atoms with E-state index in [1.165, 1.54) is 39.4 Å². The molecule has 0 fully saturated rings. The van der Waals surface area contributed by atoms with Crippen molar-refractivity contribution in [2.75, 3.05) is 0 Å². The summed E-state index contributed by atoms with van der Waals surface area (Å²) in [5.74, 6) is 0. The molecule has 1 aromatic heterocycles. The first kappa shape index (κ1) is 18.7. The van der Waals surface area contributed by atoms with Gasteiger partial charge in [0.25, 0.3) is 0 Å². The predicted molar refractivity (Wildman–Crippen MR) is 120 cm³/mol. The molecular weight excluding hydrogens is 407 g/mol. The fourth-order valence-corrected chi connectivity index (χ4v) is 5.92. The van der Waals surface area contributed by atoms with Gasteiger partial charge in [-0.1, -0.05) is 0 Å². The van der Waals surface area contributed by atoms with E-state index in [1.807, 2.05) is 0 Å². The molecule has 140 valence electrons. The fraction of sp³-hybridized carbons (Fsp3) is 0.160. The Morgan fingerprint density at radius 3 is 1.93 bits per heavy atom. The molecule has 0 aliphatic carbocycles. The maximum atomic E-state index is 5.14. The van der Waals surface area contributed by atoms with E-state index in [2.05, 4.69) is 103 Å². The van der Waals surface area contributed by atoms with Crippen LogP contribution in [-0.4, -0.2) is 24.7 Å². The third-order valence-electron chi connectivity index (χ3n) is 4.68. The summed E-state index contributed by atoms with van der Waals surface area (Å²) in [7, 11) is 0. The molecule has 0 bridgehead atoms. The van der Waals surface area contributed by atoms with Crippen molar-refractivity contribution < 1.29 is 0 Å². The second-order valence-electron chi connectivity index (χ2n) is 6.71. The molecule has 0 unspecified atom stereocenters. The Balaban J connectivity index is 1.95. The fourth-order valence-electron chi connectivity index (χ4n) is 3.25. The molecule has 0 amide bonds. The number of unbranched alkanes of at least 4 members (excludes halogenated alkanes) is 1. The van der Waals surface area contributed by atoms with E-state index in [0.717, 1.165) is 11.4 Å². The number of nitrogens with zero attached hydrogens (tertiary/aromatic N) is 2. The summed E-state index contributed by atoms with van der Waals surface area (Å²) in [6.45, 7) is 2.26. The van der Waals surface area contributed by atoms with Gasteiger partial charge in [-0.3, -0.25) is 0 Å². The Morgan fingerprint density at radius 2 is 1.32 bits per heavy atom. The van der Waals surface area contributed by atoms with Crippen LogP contribution in [0.15, 0.2) is 91.0 Å². The molecule has 0 atom stereocenters. The number of hydrogen-bond acceptors (Lipinski definition) is 1. The van der Waals surface area contributed by atoms with Crippen molar-refractivity contribution in [1.29, 1.82) is 0 Å². The van der Waals surface area contributed by atoms with Crippen LogP contribution in [0.1, 0.15) is 19.8 Å². The van der Waals surface area contributed by atoms with Gasteiger partial charge in [-0.25, -0.2) is 0 Å². The zero-order valence-corrected chi connectivity index (χ0v) is 17.8. The minimum atomic E-state index is 0.374. The molecule has 0 N–H and O–H groups in total. The van der Waals surface area contributed by atoms with Crippen molar-refractivity contribution in [3.8, 4) is 28.2 Å². The quantitative estimate of drug-likeness (QED) is 0.269. The van der Waals surface area contributed by atoms with E-state index in [1.54, 1.807) is 0 Å². The van der Waals surface area contributed by atoms with Gasteiger partial charge in [0, 0.05) is 0 Å². The zero-order valence-electron chi connectivity index (χ0n) is 16.1. The van der Waals surface area contributed by atoms with E-state index < -0.39 is 0 Å². The Hall–Kier alpha value is -2.61.